The van der Waals surface area contributed by atoms with Crippen molar-refractivity contribution in [3.8, 4) is 22.8 Å². The van der Waals surface area contributed by atoms with Gasteiger partial charge in [0.25, 0.3) is 0 Å². The van der Waals surface area contributed by atoms with Gasteiger partial charge in [-0.3, -0.25) is 4.98 Å². The van der Waals surface area contributed by atoms with Crippen LogP contribution in [0.4, 0.5) is 0 Å². The van der Waals surface area contributed by atoms with Gasteiger partial charge in [0.2, 0.25) is 0 Å². The summed E-state index contributed by atoms with van der Waals surface area (Å²) in [5.41, 5.74) is 6.08. The first-order valence-electron chi connectivity index (χ1n) is 10.2. The Morgan fingerprint density at radius 3 is 2.68 bits per heavy atom. The van der Waals surface area contributed by atoms with E-state index in [4.69, 9.17) is 30.8 Å². The van der Waals surface area contributed by atoms with Crippen LogP contribution >= 0.6 is 11.6 Å². The van der Waals surface area contributed by atoms with Gasteiger partial charge in [0.05, 0.1) is 48.8 Å². The Kier molecular flexibility index (Phi) is 5.67. The number of hydrogen-bond acceptors (Lipinski definition) is 5. The van der Waals surface area contributed by atoms with Crippen molar-refractivity contribution in [2.45, 2.75) is 33.2 Å². The van der Waals surface area contributed by atoms with E-state index in [-0.39, 0.29) is 12.0 Å². The predicted molar refractivity (Wildman–Crippen MR) is 119 cm³/mol. The fourth-order valence-corrected chi connectivity index (χ4v) is 4.71. The number of hydrogen-bond donors (Lipinski definition) is 0. The fraction of sp³-hybridized carbons (Fsp3) is 0.333. The third kappa shape index (κ3) is 3.45. The molecule has 1 atom stereocenters. The first-order valence-corrected chi connectivity index (χ1v) is 10.5. The van der Waals surface area contributed by atoms with Gasteiger partial charge in [-0.25, -0.2) is 4.79 Å². The highest BCUT2D eigenvalue weighted by Crippen LogP contribution is 2.49. The van der Waals surface area contributed by atoms with E-state index in [2.05, 4.69) is 17.6 Å². The number of methoxy groups -OCH3 is 2. The molecule has 4 rings (SSSR count). The molecule has 0 N–H and O–H groups in total. The van der Waals surface area contributed by atoms with Gasteiger partial charge >= 0.3 is 5.97 Å². The molecule has 0 bridgehead atoms. The summed E-state index contributed by atoms with van der Waals surface area (Å²) in [6, 6.07) is 5.66. The summed E-state index contributed by atoms with van der Waals surface area (Å²) in [5, 5.41) is 0.480. The van der Waals surface area contributed by atoms with E-state index >= 15 is 0 Å². The highest BCUT2D eigenvalue weighted by atomic mass is 35.5. The molecule has 1 aliphatic heterocycles. The minimum Gasteiger partial charge on any atom is -0.493 e. The second-order valence-electron chi connectivity index (χ2n) is 7.59. The number of nitrogens with zero attached hydrogens (tertiary/aromatic N) is 2. The van der Waals surface area contributed by atoms with Crippen LogP contribution in [0.15, 0.2) is 30.6 Å². The summed E-state index contributed by atoms with van der Waals surface area (Å²) in [4.78, 5) is 17.5. The molecule has 3 aromatic rings. The number of benzene rings is 1. The standard InChI is InChI=1S/C24H25ClN2O4/c1-6-31-24(28)15-7-8-27-18(21-14(3)9-13(2)12-26-21)10-16-17(22(15)27)11-19(29-4)23(30-5)20(16)25/h7-9,11-12,18H,6,10H2,1-5H3. The first-order chi connectivity index (χ1) is 14.9. The number of carbonyl (C=O) groups excluding carboxylic acids is 1. The quantitative estimate of drug-likeness (QED) is 0.513. The summed E-state index contributed by atoms with van der Waals surface area (Å²) in [5.74, 6) is 0.618. The maximum atomic E-state index is 12.8. The van der Waals surface area contributed by atoms with Crippen molar-refractivity contribution in [3.05, 3.63) is 63.6 Å². The molecule has 0 spiro atoms. The molecule has 2 aromatic heterocycles. The summed E-state index contributed by atoms with van der Waals surface area (Å²) in [6.07, 6.45) is 4.39. The largest absolute Gasteiger partial charge is 0.493 e. The van der Waals surface area contributed by atoms with E-state index in [0.29, 0.717) is 35.1 Å². The van der Waals surface area contributed by atoms with Gasteiger partial charge < -0.3 is 18.8 Å². The monoisotopic (exact) mass is 440 g/mol. The lowest BCUT2D eigenvalue weighted by Crippen LogP contribution is -2.23. The molecule has 0 aliphatic carbocycles. The van der Waals surface area contributed by atoms with Crippen LogP contribution in [-0.4, -0.2) is 36.3 Å². The molecular formula is C24H25ClN2O4. The number of fused-ring (bicyclic) bond motifs is 3. The van der Waals surface area contributed by atoms with Crippen LogP contribution in [0.3, 0.4) is 0 Å². The van der Waals surface area contributed by atoms with Crippen molar-refractivity contribution in [2.24, 2.45) is 0 Å². The molecule has 0 fully saturated rings. The van der Waals surface area contributed by atoms with Crippen LogP contribution in [0.5, 0.6) is 11.5 Å². The molecule has 0 saturated carbocycles. The van der Waals surface area contributed by atoms with Gasteiger partial charge in [0.15, 0.2) is 11.5 Å². The average Bonchev–Trinajstić information content (AvgIpc) is 3.19. The zero-order chi connectivity index (χ0) is 22.3. The predicted octanol–water partition coefficient (Wildman–Crippen LogP) is 5.16. The number of pyridine rings is 1. The molecule has 1 aliphatic rings. The van der Waals surface area contributed by atoms with Crippen molar-refractivity contribution in [1.29, 1.82) is 0 Å². The van der Waals surface area contributed by atoms with E-state index in [1.807, 2.05) is 25.4 Å². The average molecular weight is 441 g/mol. The minimum absolute atomic E-state index is 0.123. The Morgan fingerprint density at radius 1 is 1.26 bits per heavy atom. The third-order valence-electron chi connectivity index (χ3n) is 5.68. The molecule has 0 saturated heterocycles. The van der Waals surface area contributed by atoms with E-state index in [9.17, 15) is 4.79 Å². The molecule has 6 nitrogen and oxygen atoms in total. The van der Waals surface area contributed by atoms with E-state index in [0.717, 1.165) is 33.6 Å². The number of esters is 1. The van der Waals surface area contributed by atoms with Crippen LogP contribution in [-0.2, 0) is 11.2 Å². The fourth-order valence-electron chi connectivity index (χ4n) is 4.36. The Hall–Kier alpha value is -2.99. The number of carbonyl (C=O) groups is 1. The number of halogens is 1. The van der Waals surface area contributed by atoms with E-state index in [1.165, 1.54) is 0 Å². The van der Waals surface area contributed by atoms with Crippen molar-refractivity contribution >= 4 is 17.6 Å². The maximum Gasteiger partial charge on any atom is 0.340 e. The first kappa shape index (κ1) is 21.2. The second kappa shape index (κ2) is 8.27. The highest BCUT2D eigenvalue weighted by Gasteiger charge is 2.34. The second-order valence-corrected chi connectivity index (χ2v) is 7.97. The maximum absolute atomic E-state index is 12.8. The Morgan fingerprint density at radius 2 is 2.03 bits per heavy atom. The molecule has 0 amide bonds. The van der Waals surface area contributed by atoms with E-state index in [1.54, 1.807) is 27.2 Å². The summed E-state index contributed by atoms with van der Waals surface area (Å²) in [7, 11) is 3.13. The Labute approximate surface area is 186 Å². The van der Waals surface area contributed by atoms with Crippen LogP contribution in [0.1, 0.15) is 45.7 Å². The smallest absolute Gasteiger partial charge is 0.340 e. The van der Waals surface area contributed by atoms with Crippen molar-refractivity contribution in [3.63, 3.8) is 0 Å². The van der Waals surface area contributed by atoms with Gasteiger partial charge in [0, 0.05) is 24.4 Å². The van der Waals surface area contributed by atoms with Gasteiger partial charge in [-0.15, -0.1) is 0 Å². The summed E-state index contributed by atoms with van der Waals surface area (Å²) in [6.45, 7) is 6.16. The summed E-state index contributed by atoms with van der Waals surface area (Å²) < 4.78 is 18.5. The molecule has 7 heteroatoms. The molecular weight excluding hydrogens is 416 g/mol. The topological polar surface area (TPSA) is 62.6 Å². The molecule has 31 heavy (non-hydrogen) atoms. The third-order valence-corrected chi connectivity index (χ3v) is 6.08. The normalized spacial score (nSPS) is 14.6. The van der Waals surface area contributed by atoms with Crippen molar-refractivity contribution in [1.82, 2.24) is 9.55 Å². The number of aryl methyl sites for hydroxylation is 2. The molecule has 0 radical (unpaired) electrons. The lowest BCUT2D eigenvalue weighted by molar-refractivity contribution is 0.0527. The zero-order valence-electron chi connectivity index (χ0n) is 18.3. The summed E-state index contributed by atoms with van der Waals surface area (Å²) >= 11 is 6.80. The molecule has 1 unspecified atom stereocenters. The van der Waals surface area contributed by atoms with Gasteiger partial charge in [-0.1, -0.05) is 17.7 Å². The van der Waals surface area contributed by atoms with Crippen molar-refractivity contribution in [2.75, 3.05) is 20.8 Å². The molecule has 3 heterocycles. The van der Waals surface area contributed by atoms with Gasteiger partial charge in [-0.2, -0.15) is 0 Å². The zero-order valence-corrected chi connectivity index (χ0v) is 19.0. The Bertz CT molecular complexity index is 1170. The van der Waals surface area contributed by atoms with Crippen LogP contribution in [0.25, 0.3) is 11.3 Å². The number of aromatic nitrogens is 2. The van der Waals surface area contributed by atoms with E-state index < -0.39 is 0 Å². The molecule has 1 aromatic carbocycles. The van der Waals surface area contributed by atoms with Gasteiger partial charge in [-0.05, 0) is 49.6 Å². The van der Waals surface area contributed by atoms with Gasteiger partial charge in [0.1, 0.15) is 0 Å². The number of ether oxygens (including phenoxy) is 3. The van der Waals surface area contributed by atoms with Crippen LogP contribution < -0.4 is 9.47 Å². The lowest BCUT2D eigenvalue weighted by atomic mass is 9.89. The minimum atomic E-state index is -0.373. The highest BCUT2D eigenvalue weighted by molar-refractivity contribution is 6.33. The van der Waals surface area contributed by atoms with Crippen LogP contribution in [0, 0.1) is 13.8 Å². The lowest BCUT2D eigenvalue weighted by Gasteiger charge is -2.31. The SMILES string of the molecule is CCOC(=O)c1ccn2c1-c1cc(OC)c(OC)c(Cl)c1CC2c1ncc(C)cc1C. The molecule has 162 valence electrons. The van der Waals surface area contributed by atoms with Crippen LogP contribution in [0.2, 0.25) is 5.02 Å². The van der Waals surface area contributed by atoms with Crippen molar-refractivity contribution < 1.29 is 19.0 Å². The Balaban J connectivity index is 2.00. The number of rotatable bonds is 5.